The lowest BCUT2D eigenvalue weighted by Crippen LogP contribution is -2.39. The highest BCUT2D eigenvalue weighted by Crippen LogP contribution is 2.19. The van der Waals surface area contributed by atoms with Gasteiger partial charge in [0.2, 0.25) is 0 Å². The van der Waals surface area contributed by atoms with Crippen LogP contribution in [0.4, 0.5) is 0 Å². The second-order valence-corrected chi connectivity index (χ2v) is 7.23. The minimum atomic E-state index is -0.608. The van der Waals surface area contributed by atoms with Gasteiger partial charge in [0.1, 0.15) is 6.33 Å². The smallest absolute Gasteiger partial charge is 0.360 e. The van der Waals surface area contributed by atoms with Crippen molar-refractivity contribution in [3.63, 3.8) is 0 Å². The molecule has 0 radical (unpaired) electrons. The highest BCUT2D eigenvalue weighted by atomic mass is 16.5. The lowest BCUT2D eigenvalue weighted by atomic mass is 10.2. The van der Waals surface area contributed by atoms with Crippen molar-refractivity contribution in [3.8, 4) is 5.82 Å². The Hall–Kier alpha value is -3.57. The molecule has 11 nitrogen and oxygen atoms in total. The monoisotopic (exact) mass is 423 g/mol. The van der Waals surface area contributed by atoms with Gasteiger partial charge >= 0.3 is 5.97 Å². The molecule has 1 fully saturated rings. The van der Waals surface area contributed by atoms with Crippen LogP contribution in [0.3, 0.4) is 0 Å². The maximum Gasteiger partial charge on any atom is 0.360 e. The second kappa shape index (κ2) is 7.93. The number of hydrogen-bond acceptors (Lipinski definition) is 8. The number of rotatable bonds is 5. The van der Waals surface area contributed by atoms with Gasteiger partial charge in [-0.1, -0.05) is 17.3 Å². The molecule has 1 saturated heterocycles. The van der Waals surface area contributed by atoms with Crippen molar-refractivity contribution in [2.24, 2.45) is 0 Å². The zero-order valence-electron chi connectivity index (χ0n) is 17.0. The molecule has 31 heavy (non-hydrogen) atoms. The molecule has 5 rings (SSSR count). The summed E-state index contributed by atoms with van der Waals surface area (Å²) in [6.45, 7) is 4.38. The average Bonchev–Trinajstić information content (AvgIpc) is 3.47. The molecule has 3 aromatic heterocycles. The van der Waals surface area contributed by atoms with Crippen LogP contribution in [0.25, 0.3) is 22.4 Å². The Kier molecular flexibility index (Phi) is 4.96. The van der Waals surface area contributed by atoms with E-state index in [0.29, 0.717) is 31.1 Å². The first-order valence-electron chi connectivity index (χ1n) is 9.97. The van der Waals surface area contributed by atoms with Crippen LogP contribution in [-0.4, -0.2) is 79.8 Å². The Morgan fingerprint density at radius 2 is 1.94 bits per heavy atom. The highest BCUT2D eigenvalue weighted by molar-refractivity contribution is 5.87. The first-order valence-corrected chi connectivity index (χ1v) is 9.97. The van der Waals surface area contributed by atoms with Crippen molar-refractivity contribution in [3.05, 3.63) is 52.8 Å². The number of methoxy groups -OCH3 is 1. The number of aromatic nitrogens is 6. The number of hydrogen-bond donors (Lipinski definition) is 0. The maximum atomic E-state index is 13.6. The third-order valence-corrected chi connectivity index (χ3v) is 5.48. The van der Waals surface area contributed by atoms with E-state index in [9.17, 15) is 9.59 Å². The number of nitrogens with zero attached hydrogens (tertiary/aromatic N) is 7. The lowest BCUT2D eigenvalue weighted by Gasteiger charge is -2.27. The van der Waals surface area contributed by atoms with Crippen LogP contribution >= 0.6 is 0 Å². The zero-order valence-corrected chi connectivity index (χ0v) is 17.0. The van der Waals surface area contributed by atoms with E-state index in [-0.39, 0.29) is 11.3 Å². The topological polar surface area (TPSA) is 109 Å². The molecule has 4 heterocycles. The summed E-state index contributed by atoms with van der Waals surface area (Å²) in [6, 6.07) is 7.71. The van der Waals surface area contributed by atoms with Gasteiger partial charge in [-0.2, -0.15) is 4.68 Å². The highest BCUT2D eigenvalue weighted by Gasteiger charge is 2.20. The molecular formula is C20H21N7O4. The molecular weight excluding hydrogens is 402 g/mol. The Morgan fingerprint density at radius 1 is 1.16 bits per heavy atom. The van der Waals surface area contributed by atoms with Crippen molar-refractivity contribution in [1.29, 1.82) is 0 Å². The number of fused-ring (bicyclic) bond motifs is 3. The molecule has 11 heteroatoms. The molecule has 0 N–H and O–H groups in total. The molecule has 0 atom stereocenters. The van der Waals surface area contributed by atoms with Gasteiger partial charge in [-0.3, -0.25) is 14.1 Å². The van der Waals surface area contributed by atoms with E-state index in [1.54, 1.807) is 15.3 Å². The summed E-state index contributed by atoms with van der Waals surface area (Å²) in [5, 5.41) is 7.79. The first kappa shape index (κ1) is 19.4. The molecule has 160 valence electrons. The Bertz CT molecular complexity index is 1320. The summed E-state index contributed by atoms with van der Waals surface area (Å²) in [5.41, 5.74) is 1.89. The molecule has 0 bridgehead atoms. The van der Waals surface area contributed by atoms with Crippen LogP contribution in [0.1, 0.15) is 10.5 Å². The van der Waals surface area contributed by atoms with E-state index >= 15 is 0 Å². The molecule has 1 aliphatic rings. The van der Waals surface area contributed by atoms with E-state index in [1.807, 2.05) is 24.3 Å². The minimum Gasteiger partial charge on any atom is -0.464 e. The quantitative estimate of drug-likeness (QED) is 0.423. The van der Waals surface area contributed by atoms with Gasteiger partial charge < -0.3 is 14.0 Å². The molecule has 0 spiro atoms. The minimum absolute atomic E-state index is 0.0390. The van der Waals surface area contributed by atoms with E-state index in [2.05, 4.69) is 24.9 Å². The van der Waals surface area contributed by atoms with Crippen LogP contribution in [0.15, 0.2) is 41.6 Å². The van der Waals surface area contributed by atoms with Crippen LogP contribution in [0.2, 0.25) is 0 Å². The molecule has 0 unspecified atom stereocenters. The third-order valence-electron chi connectivity index (χ3n) is 5.48. The molecule has 1 aromatic carbocycles. The van der Waals surface area contributed by atoms with Crippen molar-refractivity contribution >= 4 is 22.5 Å². The average molecular weight is 423 g/mol. The van der Waals surface area contributed by atoms with E-state index in [0.717, 1.165) is 30.7 Å². The number of imidazole rings is 1. The molecule has 1 aliphatic heterocycles. The summed E-state index contributed by atoms with van der Waals surface area (Å²) in [4.78, 5) is 32.0. The van der Waals surface area contributed by atoms with Crippen LogP contribution in [0.5, 0.6) is 0 Å². The maximum absolute atomic E-state index is 13.6. The Morgan fingerprint density at radius 3 is 2.71 bits per heavy atom. The van der Waals surface area contributed by atoms with Gasteiger partial charge in [0, 0.05) is 26.2 Å². The number of morpholine rings is 1. The van der Waals surface area contributed by atoms with Crippen LogP contribution < -0.4 is 5.56 Å². The predicted molar refractivity (Wildman–Crippen MR) is 110 cm³/mol. The number of carbonyl (C=O) groups excluding carboxylic acids is 1. The number of ether oxygens (including phenoxy) is 2. The van der Waals surface area contributed by atoms with Crippen molar-refractivity contribution in [1.82, 2.24) is 33.8 Å². The van der Waals surface area contributed by atoms with E-state index < -0.39 is 5.97 Å². The molecule has 0 aliphatic carbocycles. The lowest BCUT2D eigenvalue weighted by molar-refractivity contribution is 0.0364. The predicted octanol–water partition coefficient (Wildman–Crippen LogP) is 0.349. The largest absolute Gasteiger partial charge is 0.464 e. The summed E-state index contributed by atoms with van der Waals surface area (Å²) < 4.78 is 14.9. The molecule has 0 saturated carbocycles. The van der Waals surface area contributed by atoms with Gasteiger partial charge in [-0.25, -0.2) is 9.78 Å². The van der Waals surface area contributed by atoms with Gasteiger partial charge in [0.25, 0.3) is 5.56 Å². The SMILES string of the molecule is COC(=O)c1cn(-c2ncn3c2c(=O)n(CCN2CCOCC2)c2ccccc23)nn1. The van der Waals surface area contributed by atoms with Crippen LogP contribution in [-0.2, 0) is 16.0 Å². The number of para-hydroxylation sites is 2. The Balaban J connectivity index is 1.63. The number of benzene rings is 1. The van der Waals surface area contributed by atoms with Crippen molar-refractivity contribution < 1.29 is 14.3 Å². The number of carbonyl (C=O) groups is 1. The fourth-order valence-electron chi connectivity index (χ4n) is 3.88. The number of esters is 1. The first-order chi connectivity index (χ1) is 15.2. The van der Waals surface area contributed by atoms with E-state index in [1.165, 1.54) is 18.0 Å². The fourth-order valence-corrected chi connectivity index (χ4v) is 3.88. The summed E-state index contributed by atoms with van der Waals surface area (Å²) in [5.74, 6) is -0.304. The van der Waals surface area contributed by atoms with E-state index in [4.69, 9.17) is 4.74 Å². The normalized spacial score (nSPS) is 15.0. The second-order valence-electron chi connectivity index (χ2n) is 7.23. The summed E-state index contributed by atoms with van der Waals surface area (Å²) in [6.07, 6.45) is 2.99. The third kappa shape index (κ3) is 3.37. The van der Waals surface area contributed by atoms with Gasteiger partial charge in [0.15, 0.2) is 17.0 Å². The van der Waals surface area contributed by atoms with Crippen molar-refractivity contribution in [2.75, 3.05) is 40.0 Å². The zero-order chi connectivity index (χ0) is 21.4. The molecule has 4 aromatic rings. The summed E-state index contributed by atoms with van der Waals surface area (Å²) in [7, 11) is 1.27. The fraction of sp³-hybridized carbons (Fsp3) is 0.350. The Labute approximate surface area is 176 Å². The van der Waals surface area contributed by atoms with Gasteiger partial charge in [0.05, 0.1) is 37.6 Å². The standard InChI is InChI=1S/C20H21N7O4/c1-30-20(29)14-12-27(23-22-14)18-17-19(28)25(7-6-24-8-10-31-11-9-24)15-4-2-3-5-16(15)26(17)13-21-18/h2-5,12-13H,6-11H2,1H3. The summed E-state index contributed by atoms with van der Waals surface area (Å²) >= 11 is 0. The van der Waals surface area contributed by atoms with Crippen molar-refractivity contribution in [2.45, 2.75) is 6.54 Å². The molecule has 0 amide bonds. The van der Waals surface area contributed by atoms with Gasteiger partial charge in [-0.05, 0) is 12.1 Å². The van der Waals surface area contributed by atoms with Crippen LogP contribution in [0, 0.1) is 0 Å². The van der Waals surface area contributed by atoms with Gasteiger partial charge in [-0.15, -0.1) is 5.10 Å².